The maximum absolute atomic E-state index is 9.34. The Morgan fingerprint density at radius 3 is 2.86 bits per heavy atom. The van der Waals surface area contributed by atoms with Crippen LogP contribution in [-0.2, 0) is 4.74 Å². The standard InChI is InChI=1S/C28H26N8O/c1-17-16-37-10-9-35(17)26-12-25(32-28(33-26)23-5-4-6-24-22(23)7-8-31-24)27-18(2)34-36(19(27)3)21-11-20(13-29)14-30-15-21/h4-8,11-12,14-15,17,31H,9-10,16H2,1-3H3/t17-/m1/s1. The molecule has 0 saturated carbocycles. The van der Waals surface area contributed by atoms with Crippen LogP contribution in [0.25, 0.3) is 39.2 Å². The zero-order chi connectivity index (χ0) is 25.5. The summed E-state index contributed by atoms with van der Waals surface area (Å²) in [5.41, 5.74) is 6.73. The Morgan fingerprint density at radius 2 is 2.03 bits per heavy atom. The van der Waals surface area contributed by atoms with E-state index in [1.807, 2.05) is 36.9 Å². The predicted octanol–water partition coefficient (Wildman–Crippen LogP) is 4.59. The van der Waals surface area contributed by atoms with Gasteiger partial charge in [-0.25, -0.2) is 14.6 Å². The lowest BCUT2D eigenvalue weighted by molar-refractivity contribution is 0.0985. The molecule has 0 radical (unpaired) electrons. The molecule has 184 valence electrons. The van der Waals surface area contributed by atoms with Crippen molar-refractivity contribution in [3.05, 3.63) is 71.9 Å². The second-order valence-corrected chi connectivity index (χ2v) is 9.30. The minimum atomic E-state index is 0.192. The third-order valence-electron chi connectivity index (χ3n) is 6.86. The summed E-state index contributed by atoms with van der Waals surface area (Å²) in [7, 11) is 0. The third kappa shape index (κ3) is 4.01. The van der Waals surface area contributed by atoms with Crippen LogP contribution in [0.3, 0.4) is 0 Å². The van der Waals surface area contributed by atoms with Gasteiger partial charge in [-0.15, -0.1) is 0 Å². The Morgan fingerprint density at radius 1 is 1.14 bits per heavy atom. The summed E-state index contributed by atoms with van der Waals surface area (Å²) < 4.78 is 7.51. The summed E-state index contributed by atoms with van der Waals surface area (Å²) in [5, 5.41) is 15.2. The third-order valence-corrected chi connectivity index (χ3v) is 6.86. The largest absolute Gasteiger partial charge is 0.377 e. The van der Waals surface area contributed by atoms with Crippen LogP contribution in [0, 0.1) is 25.2 Å². The highest BCUT2D eigenvalue weighted by Crippen LogP contribution is 2.34. The number of fused-ring (bicyclic) bond motifs is 1. The van der Waals surface area contributed by atoms with Gasteiger partial charge in [0.25, 0.3) is 0 Å². The Balaban J connectivity index is 1.55. The number of ether oxygens (including phenoxy) is 1. The number of anilines is 1. The summed E-state index contributed by atoms with van der Waals surface area (Å²) in [6.45, 7) is 8.21. The highest BCUT2D eigenvalue weighted by Gasteiger charge is 2.24. The first-order valence-electron chi connectivity index (χ1n) is 12.3. The molecular weight excluding hydrogens is 464 g/mol. The number of hydrogen-bond acceptors (Lipinski definition) is 7. The zero-order valence-corrected chi connectivity index (χ0v) is 20.9. The van der Waals surface area contributed by atoms with Gasteiger partial charge in [0.15, 0.2) is 5.82 Å². The van der Waals surface area contributed by atoms with E-state index in [0.717, 1.165) is 57.2 Å². The Kier molecular flexibility index (Phi) is 5.66. The number of nitrogens with zero attached hydrogens (tertiary/aromatic N) is 7. The monoisotopic (exact) mass is 490 g/mol. The van der Waals surface area contributed by atoms with Gasteiger partial charge in [-0.2, -0.15) is 10.4 Å². The van der Waals surface area contributed by atoms with E-state index in [1.54, 1.807) is 18.5 Å². The van der Waals surface area contributed by atoms with E-state index >= 15 is 0 Å². The SMILES string of the molecule is Cc1nn(-c2cncc(C#N)c2)c(C)c1-c1cc(N2CCOC[C@H]2C)nc(-c2cccc3[nH]ccc23)n1. The number of aryl methyl sites for hydroxylation is 1. The van der Waals surface area contributed by atoms with Crippen molar-refractivity contribution in [3.8, 4) is 34.4 Å². The molecule has 0 bridgehead atoms. The molecule has 9 nitrogen and oxygen atoms in total. The van der Waals surface area contributed by atoms with Crippen LogP contribution < -0.4 is 4.90 Å². The Bertz CT molecular complexity index is 1660. The second-order valence-electron chi connectivity index (χ2n) is 9.30. The summed E-state index contributed by atoms with van der Waals surface area (Å²) in [5.74, 6) is 1.53. The van der Waals surface area contributed by atoms with E-state index in [4.69, 9.17) is 19.8 Å². The fourth-order valence-electron chi connectivity index (χ4n) is 5.05. The average Bonchev–Trinajstić information content (AvgIpc) is 3.52. The first kappa shape index (κ1) is 22.9. The molecule has 4 aromatic heterocycles. The van der Waals surface area contributed by atoms with Crippen molar-refractivity contribution in [1.29, 1.82) is 5.26 Å². The van der Waals surface area contributed by atoms with Gasteiger partial charge in [0.1, 0.15) is 11.9 Å². The number of rotatable bonds is 4. The average molecular weight is 491 g/mol. The molecule has 0 aliphatic carbocycles. The quantitative estimate of drug-likeness (QED) is 0.393. The summed E-state index contributed by atoms with van der Waals surface area (Å²) in [4.78, 5) is 19.9. The van der Waals surface area contributed by atoms with E-state index < -0.39 is 0 Å². The van der Waals surface area contributed by atoms with Gasteiger partial charge in [-0.05, 0) is 39.0 Å². The molecular formula is C28H26N8O. The second kappa shape index (κ2) is 9.15. The Labute approximate surface area is 214 Å². The van der Waals surface area contributed by atoms with Crippen LogP contribution in [0.2, 0.25) is 0 Å². The molecule has 1 atom stereocenters. The maximum Gasteiger partial charge on any atom is 0.162 e. The van der Waals surface area contributed by atoms with Crippen LogP contribution in [0.4, 0.5) is 5.82 Å². The van der Waals surface area contributed by atoms with Crippen molar-refractivity contribution in [2.45, 2.75) is 26.8 Å². The summed E-state index contributed by atoms with van der Waals surface area (Å²) in [6, 6.07) is 14.4. The van der Waals surface area contributed by atoms with Gasteiger partial charge in [0.05, 0.1) is 53.8 Å². The summed E-state index contributed by atoms with van der Waals surface area (Å²) in [6.07, 6.45) is 5.19. The van der Waals surface area contributed by atoms with E-state index in [1.165, 1.54) is 0 Å². The molecule has 6 rings (SSSR count). The molecule has 1 N–H and O–H groups in total. The number of aromatic nitrogens is 6. The first-order valence-corrected chi connectivity index (χ1v) is 12.3. The lowest BCUT2D eigenvalue weighted by Gasteiger charge is -2.34. The first-order chi connectivity index (χ1) is 18.0. The van der Waals surface area contributed by atoms with Crippen molar-refractivity contribution in [3.63, 3.8) is 0 Å². The van der Waals surface area contributed by atoms with Crippen LogP contribution in [0.15, 0.2) is 55.0 Å². The number of benzene rings is 1. The zero-order valence-electron chi connectivity index (χ0n) is 20.9. The minimum absolute atomic E-state index is 0.192. The van der Waals surface area contributed by atoms with Gasteiger partial charge < -0.3 is 14.6 Å². The molecule has 1 fully saturated rings. The van der Waals surface area contributed by atoms with Crippen LogP contribution in [-0.4, -0.2) is 55.5 Å². The molecule has 1 aliphatic heterocycles. The molecule has 0 spiro atoms. The predicted molar refractivity (Wildman–Crippen MR) is 141 cm³/mol. The van der Waals surface area contributed by atoms with E-state index in [9.17, 15) is 5.26 Å². The highest BCUT2D eigenvalue weighted by atomic mass is 16.5. The van der Waals surface area contributed by atoms with Crippen molar-refractivity contribution < 1.29 is 4.74 Å². The van der Waals surface area contributed by atoms with Crippen LogP contribution in [0.5, 0.6) is 0 Å². The smallest absolute Gasteiger partial charge is 0.162 e. The van der Waals surface area contributed by atoms with E-state index in [-0.39, 0.29) is 6.04 Å². The number of nitriles is 1. The number of H-pyrrole nitrogens is 1. The molecule has 37 heavy (non-hydrogen) atoms. The molecule has 1 aliphatic rings. The van der Waals surface area contributed by atoms with Crippen molar-refractivity contribution in [2.75, 3.05) is 24.7 Å². The molecule has 1 saturated heterocycles. The van der Waals surface area contributed by atoms with Crippen LogP contribution >= 0.6 is 0 Å². The minimum Gasteiger partial charge on any atom is -0.377 e. The number of aromatic amines is 1. The number of pyridine rings is 1. The molecule has 9 heteroatoms. The van der Waals surface area contributed by atoms with Crippen molar-refractivity contribution in [2.24, 2.45) is 0 Å². The molecule has 5 aromatic rings. The van der Waals surface area contributed by atoms with Crippen molar-refractivity contribution >= 4 is 16.7 Å². The van der Waals surface area contributed by atoms with Crippen LogP contribution in [0.1, 0.15) is 23.9 Å². The normalized spacial score (nSPS) is 15.7. The van der Waals surface area contributed by atoms with E-state index in [2.05, 4.69) is 46.1 Å². The molecule has 0 amide bonds. The van der Waals surface area contributed by atoms with Crippen molar-refractivity contribution in [1.82, 2.24) is 29.7 Å². The molecule has 0 unspecified atom stereocenters. The maximum atomic E-state index is 9.34. The number of morpholine rings is 1. The number of hydrogen-bond donors (Lipinski definition) is 1. The van der Waals surface area contributed by atoms with E-state index in [0.29, 0.717) is 24.6 Å². The molecule has 1 aromatic carbocycles. The Hall–Kier alpha value is -4.55. The molecule has 5 heterocycles. The fourth-order valence-corrected chi connectivity index (χ4v) is 5.05. The van der Waals surface area contributed by atoms with Gasteiger partial charge in [-0.3, -0.25) is 4.98 Å². The van der Waals surface area contributed by atoms with Gasteiger partial charge in [-0.1, -0.05) is 12.1 Å². The highest BCUT2D eigenvalue weighted by molar-refractivity contribution is 5.93. The lowest BCUT2D eigenvalue weighted by Crippen LogP contribution is -2.44. The summed E-state index contributed by atoms with van der Waals surface area (Å²) >= 11 is 0. The lowest BCUT2D eigenvalue weighted by atomic mass is 10.1. The van der Waals surface area contributed by atoms with Gasteiger partial charge in [0.2, 0.25) is 0 Å². The topological polar surface area (TPSA) is 109 Å². The number of nitrogens with one attached hydrogen (secondary N) is 1. The fraction of sp³-hybridized carbons (Fsp3) is 0.250. The van der Waals surface area contributed by atoms with Gasteiger partial charge in [0, 0.05) is 47.0 Å². The van der Waals surface area contributed by atoms with Gasteiger partial charge >= 0.3 is 0 Å².